The molecule has 0 bridgehead atoms. The van der Waals surface area contributed by atoms with Crippen molar-refractivity contribution in [3.05, 3.63) is 34.7 Å². The molecule has 0 spiro atoms. The molecule has 4 heteroatoms. The number of nitrogens with zero attached hydrogens (tertiary/aromatic N) is 1. The first-order chi connectivity index (χ1) is 10.5. The maximum Gasteiger partial charge on any atom is 0.302 e. The Hall–Kier alpha value is -1.58. The molecule has 1 aromatic rings. The average Bonchev–Trinajstić information content (AvgIpc) is 2.54. The quantitative estimate of drug-likeness (QED) is 0.760. The highest BCUT2D eigenvalue weighted by molar-refractivity contribution is 5.66. The second-order valence-electron chi connectivity index (χ2n) is 4.06. The fraction of sp³-hybridized carbons (Fsp3) is 0.667. The van der Waals surface area contributed by atoms with Crippen LogP contribution in [0.15, 0.2) is 29.2 Å². The van der Waals surface area contributed by atoms with Gasteiger partial charge in [0.2, 0.25) is 5.56 Å². The molecule has 4 nitrogen and oxygen atoms in total. The standard InChI is InChI=1S/C8H11NO.C6H12O2.2C2H6/c1-2-6-9-7-4-3-5-8(9)10;1-4-5(2)8-6(3)7;2*1-2/h3-5,7H,2,6H2,1H3;5H,4H2,1-3H3;2*1-2H3. The van der Waals surface area contributed by atoms with Gasteiger partial charge in [-0.3, -0.25) is 9.59 Å². The lowest BCUT2D eigenvalue weighted by molar-refractivity contribution is -0.145. The molecule has 22 heavy (non-hydrogen) atoms. The van der Waals surface area contributed by atoms with Gasteiger partial charge in [-0.05, 0) is 25.8 Å². The van der Waals surface area contributed by atoms with Crippen molar-refractivity contribution in [2.24, 2.45) is 0 Å². The molecule has 0 saturated carbocycles. The third-order valence-corrected chi connectivity index (χ3v) is 2.31. The number of aromatic nitrogens is 1. The molecule has 0 N–H and O–H groups in total. The summed E-state index contributed by atoms with van der Waals surface area (Å²) in [5.41, 5.74) is 0.0874. The highest BCUT2D eigenvalue weighted by Crippen LogP contribution is 1.94. The Balaban J connectivity index is -0.000000272. The van der Waals surface area contributed by atoms with E-state index in [0.29, 0.717) is 0 Å². The monoisotopic (exact) mass is 313 g/mol. The van der Waals surface area contributed by atoms with E-state index in [9.17, 15) is 9.59 Å². The average molecular weight is 313 g/mol. The maximum atomic E-state index is 11.0. The van der Waals surface area contributed by atoms with E-state index >= 15 is 0 Å². The first kappa shape index (κ1) is 25.4. The predicted octanol–water partition coefficient (Wildman–Crippen LogP) is 4.66. The van der Waals surface area contributed by atoms with Gasteiger partial charge >= 0.3 is 5.97 Å². The van der Waals surface area contributed by atoms with Crippen LogP contribution in [0.2, 0.25) is 0 Å². The Bertz CT molecular complexity index is 399. The van der Waals surface area contributed by atoms with Crippen molar-refractivity contribution in [1.29, 1.82) is 0 Å². The number of hydrogen-bond donors (Lipinski definition) is 0. The topological polar surface area (TPSA) is 48.3 Å². The van der Waals surface area contributed by atoms with Crippen molar-refractivity contribution in [2.75, 3.05) is 0 Å². The third-order valence-electron chi connectivity index (χ3n) is 2.31. The zero-order valence-corrected chi connectivity index (χ0v) is 15.7. The highest BCUT2D eigenvalue weighted by atomic mass is 16.5. The Morgan fingerprint density at radius 1 is 1.18 bits per heavy atom. The minimum absolute atomic E-state index is 0.0764. The van der Waals surface area contributed by atoms with Crippen molar-refractivity contribution in [3.8, 4) is 0 Å². The number of hydrogen-bond acceptors (Lipinski definition) is 3. The smallest absolute Gasteiger partial charge is 0.302 e. The number of carbonyl (C=O) groups is 1. The van der Waals surface area contributed by atoms with Crippen molar-refractivity contribution >= 4 is 5.97 Å². The molecular formula is C18H35NO3. The highest BCUT2D eigenvalue weighted by Gasteiger charge is 1.99. The van der Waals surface area contributed by atoms with Crippen LogP contribution in [0, 0.1) is 0 Å². The summed E-state index contributed by atoms with van der Waals surface area (Å²) >= 11 is 0. The summed E-state index contributed by atoms with van der Waals surface area (Å²) < 4.78 is 6.47. The second kappa shape index (κ2) is 19.4. The fourth-order valence-corrected chi connectivity index (χ4v) is 1.25. The van der Waals surface area contributed by atoms with Gasteiger partial charge in [0.25, 0.3) is 0 Å². The molecule has 1 aromatic heterocycles. The molecule has 0 aromatic carbocycles. The minimum Gasteiger partial charge on any atom is -0.463 e. The van der Waals surface area contributed by atoms with Crippen molar-refractivity contribution in [3.63, 3.8) is 0 Å². The number of pyridine rings is 1. The van der Waals surface area contributed by atoms with Crippen molar-refractivity contribution in [1.82, 2.24) is 4.57 Å². The second-order valence-corrected chi connectivity index (χ2v) is 4.06. The molecule has 0 aliphatic heterocycles. The lowest BCUT2D eigenvalue weighted by Gasteiger charge is -2.06. The minimum atomic E-state index is -0.195. The van der Waals surface area contributed by atoms with Gasteiger partial charge in [0, 0.05) is 25.7 Å². The molecule has 0 fully saturated rings. The Morgan fingerprint density at radius 3 is 2.05 bits per heavy atom. The molecule has 130 valence electrons. The molecule has 0 saturated heterocycles. The summed E-state index contributed by atoms with van der Waals surface area (Å²) in [6.07, 6.45) is 3.78. The number of rotatable bonds is 4. The summed E-state index contributed by atoms with van der Waals surface area (Å²) in [5.74, 6) is -0.195. The van der Waals surface area contributed by atoms with Crippen LogP contribution < -0.4 is 5.56 Å². The summed E-state index contributed by atoms with van der Waals surface area (Å²) in [4.78, 5) is 21.2. The van der Waals surface area contributed by atoms with Gasteiger partial charge in [-0.15, -0.1) is 0 Å². The lowest BCUT2D eigenvalue weighted by Crippen LogP contribution is -2.16. The van der Waals surface area contributed by atoms with E-state index in [0.717, 1.165) is 19.4 Å². The zero-order valence-electron chi connectivity index (χ0n) is 15.7. The summed E-state index contributed by atoms with van der Waals surface area (Å²) in [5, 5.41) is 0. The van der Waals surface area contributed by atoms with Crippen LogP contribution in [0.5, 0.6) is 0 Å². The van der Waals surface area contributed by atoms with Gasteiger partial charge in [0.05, 0.1) is 6.10 Å². The third kappa shape index (κ3) is 16.5. The van der Waals surface area contributed by atoms with E-state index in [-0.39, 0.29) is 17.6 Å². The van der Waals surface area contributed by atoms with Crippen molar-refractivity contribution < 1.29 is 9.53 Å². The van der Waals surface area contributed by atoms with Crippen molar-refractivity contribution in [2.45, 2.75) is 80.9 Å². The van der Waals surface area contributed by atoms with Crippen LogP contribution in [0.4, 0.5) is 0 Å². The lowest BCUT2D eigenvalue weighted by atomic mass is 10.3. The first-order valence-corrected chi connectivity index (χ1v) is 8.33. The Labute approximate surface area is 136 Å². The van der Waals surface area contributed by atoms with E-state index in [1.165, 1.54) is 6.92 Å². The van der Waals surface area contributed by atoms with Gasteiger partial charge in [0.15, 0.2) is 0 Å². The van der Waals surface area contributed by atoms with E-state index < -0.39 is 0 Å². The summed E-state index contributed by atoms with van der Waals surface area (Å²) in [6.45, 7) is 16.2. The fourth-order valence-electron chi connectivity index (χ4n) is 1.25. The molecule has 1 heterocycles. The summed E-state index contributed by atoms with van der Waals surface area (Å²) in [7, 11) is 0. The van der Waals surface area contributed by atoms with Crippen LogP contribution in [0.1, 0.15) is 68.2 Å². The molecule has 0 amide bonds. The SMILES string of the molecule is CC.CC.CCC(C)OC(C)=O.CCCn1ccccc1=O. The normalized spacial score (nSPS) is 9.64. The van der Waals surface area contributed by atoms with Gasteiger partial charge in [-0.1, -0.05) is 47.6 Å². The molecular weight excluding hydrogens is 278 g/mol. The molecule has 1 rings (SSSR count). The zero-order chi connectivity index (χ0) is 18.0. The Morgan fingerprint density at radius 2 is 1.73 bits per heavy atom. The van der Waals surface area contributed by atoms with Gasteiger partial charge < -0.3 is 9.30 Å². The van der Waals surface area contributed by atoms with E-state index in [1.54, 1.807) is 16.7 Å². The summed E-state index contributed by atoms with van der Waals surface area (Å²) in [6, 6.07) is 5.21. The maximum absolute atomic E-state index is 11.0. The number of aryl methyl sites for hydroxylation is 1. The molecule has 0 aliphatic carbocycles. The first-order valence-electron chi connectivity index (χ1n) is 8.33. The largest absolute Gasteiger partial charge is 0.463 e. The molecule has 1 unspecified atom stereocenters. The number of carbonyl (C=O) groups excluding carboxylic acids is 1. The number of ether oxygens (including phenoxy) is 1. The van der Waals surface area contributed by atoms with Gasteiger partial charge in [-0.25, -0.2) is 0 Å². The van der Waals surface area contributed by atoms with E-state index in [4.69, 9.17) is 4.74 Å². The number of esters is 1. The van der Waals surface area contributed by atoms with Crippen LogP contribution in [-0.2, 0) is 16.1 Å². The van der Waals surface area contributed by atoms with E-state index in [1.807, 2.05) is 53.8 Å². The molecule has 0 aliphatic rings. The van der Waals surface area contributed by atoms with Crippen LogP contribution >= 0.6 is 0 Å². The predicted molar refractivity (Wildman–Crippen MR) is 95.2 cm³/mol. The molecule has 1 atom stereocenters. The van der Waals surface area contributed by atoms with Crippen LogP contribution in [-0.4, -0.2) is 16.6 Å². The van der Waals surface area contributed by atoms with E-state index in [2.05, 4.69) is 6.92 Å². The molecule has 0 radical (unpaired) electrons. The van der Waals surface area contributed by atoms with Crippen LogP contribution in [0.25, 0.3) is 0 Å². The van der Waals surface area contributed by atoms with Crippen LogP contribution in [0.3, 0.4) is 0 Å². The van der Waals surface area contributed by atoms with Gasteiger partial charge in [0.1, 0.15) is 0 Å². The van der Waals surface area contributed by atoms with Gasteiger partial charge in [-0.2, -0.15) is 0 Å². The Kier molecular flexibility index (Phi) is 22.4.